The lowest BCUT2D eigenvalue weighted by molar-refractivity contribution is 0.0952. The van der Waals surface area contributed by atoms with Gasteiger partial charge in [-0.05, 0) is 29.2 Å². The zero-order valence-corrected chi connectivity index (χ0v) is 12.3. The fourth-order valence-electron chi connectivity index (χ4n) is 1.84. The number of amides is 1. The maximum atomic E-state index is 12.0. The third-order valence-corrected chi connectivity index (χ3v) is 4.55. The molecule has 98 valence electrons. The topological polar surface area (TPSA) is 38.3 Å². The molecular formula is C14H18BrNO2. The Hall–Kier alpha value is -0.870. The van der Waals surface area contributed by atoms with Crippen molar-refractivity contribution in [2.24, 2.45) is 5.92 Å². The number of nitrogens with one attached hydrogen (secondary N) is 1. The number of hydrogen-bond donors (Lipinski definition) is 1. The van der Waals surface area contributed by atoms with Gasteiger partial charge in [-0.1, -0.05) is 35.8 Å². The Kier molecular flexibility index (Phi) is 4.40. The van der Waals surface area contributed by atoms with E-state index in [2.05, 4.69) is 35.1 Å². The van der Waals surface area contributed by atoms with Crippen molar-refractivity contribution in [3.05, 3.63) is 34.9 Å². The molecule has 1 atom stereocenters. The van der Waals surface area contributed by atoms with Crippen molar-refractivity contribution in [3.63, 3.8) is 0 Å². The van der Waals surface area contributed by atoms with Crippen molar-refractivity contribution in [1.82, 2.24) is 5.32 Å². The van der Waals surface area contributed by atoms with E-state index in [1.165, 1.54) is 5.56 Å². The van der Waals surface area contributed by atoms with E-state index < -0.39 is 0 Å². The first-order chi connectivity index (χ1) is 8.58. The van der Waals surface area contributed by atoms with Crippen LogP contribution in [0.3, 0.4) is 0 Å². The zero-order valence-electron chi connectivity index (χ0n) is 10.7. The third-order valence-electron chi connectivity index (χ3n) is 3.16. The standard InChI is InChI=1S/C14H18BrNO2/c1-9(2)13(15)6-16-14(17)10-3-4-11-7-18-8-12(11)5-10/h3-5,9,13H,6-8H2,1-2H3,(H,16,17). The molecule has 1 heterocycles. The van der Waals surface area contributed by atoms with E-state index >= 15 is 0 Å². The summed E-state index contributed by atoms with van der Waals surface area (Å²) >= 11 is 3.56. The van der Waals surface area contributed by atoms with Gasteiger partial charge in [0.15, 0.2) is 0 Å². The molecule has 4 heteroatoms. The molecule has 0 saturated carbocycles. The maximum absolute atomic E-state index is 12.0. The van der Waals surface area contributed by atoms with Gasteiger partial charge in [0.05, 0.1) is 13.2 Å². The van der Waals surface area contributed by atoms with E-state index in [1.807, 2.05) is 18.2 Å². The van der Waals surface area contributed by atoms with Crippen LogP contribution in [0, 0.1) is 5.92 Å². The summed E-state index contributed by atoms with van der Waals surface area (Å²) in [6, 6.07) is 5.77. The number of alkyl halides is 1. The van der Waals surface area contributed by atoms with Crippen LogP contribution in [0.1, 0.15) is 35.3 Å². The fourth-order valence-corrected chi connectivity index (χ4v) is 2.00. The van der Waals surface area contributed by atoms with Gasteiger partial charge in [0.25, 0.3) is 5.91 Å². The second-order valence-corrected chi connectivity index (χ2v) is 6.12. The molecule has 1 aromatic rings. The van der Waals surface area contributed by atoms with Crippen molar-refractivity contribution in [3.8, 4) is 0 Å². The Morgan fingerprint density at radius 3 is 2.83 bits per heavy atom. The van der Waals surface area contributed by atoms with Crippen LogP contribution < -0.4 is 5.32 Å². The largest absolute Gasteiger partial charge is 0.372 e. The molecule has 1 aromatic carbocycles. The van der Waals surface area contributed by atoms with Crippen LogP contribution in [-0.2, 0) is 18.0 Å². The molecule has 0 spiro atoms. The molecule has 18 heavy (non-hydrogen) atoms. The monoisotopic (exact) mass is 311 g/mol. The number of halogens is 1. The average Bonchev–Trinajstić information content (AvgIpc) is 2.82. The Labute approximate surface area is 116 Å². The van der Waals surface area contributed by atoms with E-state index in [0.717, 1.165) is 5.56 Å². The lowest BCUT2D eigenvalue weighted by Crippen LogP contribution is -2.31. The molecule has 0 bridgehead atoms. The van der Waals surface area contributed by atoms with Crippen LogP contribution in [0.5, 0.6) is 0 Å². The fraction of sp³-hybridized carbons (Fsp3) is 0.500. The Balaban J connectivity index is 1.97. The first-order valence-corrected chi connectivity index (χ1v) is 7.11. The third kappa shape index (κ3) is 3.12. The molecule has 0 fully saturated rings. The highest BCUT2D eigenvalue weighted by Crippen LogP contribution is 2.20. The van der Waals surface area contributed by atoms with Crippen LogP contribution in [-0.4, -0.2) is 17.3 Å². The first-order valence-electron chi connectivity index (χ1n) is 6.19. The van der Waals surface area contributed by atoms with E-state index in [-0.39, 0.29) is 5.91 Å². The van der Waals surface area contributed by atoms with E-state index in [9.17, 15) is 4.79 Å². The predicted octanol–water partition coefficient (Wildman–Crippen LogP) is 2.87. The van der Waals surface area contributed by atoms with Crippen molar-refractivity contribution in [1.29, 1.82) is 0 Å². The Morgan fingerprint density at radius 1 is 1.39 bits per heavy atom. The lowest BCUT2D eigenvalue weighted by atomic mass is 10.1. The van der Waals surface area contributed by atoms with Crippen LogP contribution in [0.15, 0.2) is 18.2 Å². The van der Waals surface area contributed by atoms with Gasteiger partial charge in [0, 0.05) is 16.9 Å². The maximum Gasteiger partial charge on any atom is 0.251 e. The lowest BCUT2D eigenvalue weighted by Gasteiger charge is -2.14. The summed E-state index contributed by atoms with van der Waals surface area (Å²) in [4.78, 5) is 12.3. The highest BCUT2D eigenvalue weighted by atomic mass is 79.9. The Morgan fingerprint density at radius 2 is 2.11 bits per heavy atom. The minimum absolute atomic E-state index is 0.0187. The summed E-state index contributed by atoms with van der Waals surface area (Å²) in [6.07, 6.45) is 0. The molecule has 1 unspecified atom stereocenters. The highest BCUT2D eigenvalue weighted by molar-refractivity contribution is 9.09. The average molecular weight is 312 g/mol. The van der Waals surface area contributed by atoms with E-state index in [1.54, 1.807) is 0 Å². The van der Waals surface area contributed by atoms with Crippen molar-refractivity contribution < 1.29 is 9.53 Å². The molecule has 0 aromatic heterocycles. The van der Waals surface area contributed by atoms with Gasteiger partial charge < -0.3 is 10.1 Å². The molecule has 0 radical (unpaired) electrons. The second kappa shape index (κ2) is 5.85. The van der Waals surface area contributed by atoms with Gasteiger partial charge in [-0.3, -0.25) is 4.79 Å². The SMILES string of the molecule is CC(C)C(Br)CNC(=O)c1ccc2c(c1)COC2. The van der Waals surface area contributed by atoms with Crippen LogP contribution >= 0.6 is 15.9 Å². The summed E-state index contributed by atoms with van der Waals surface area (Å²) in [6.45, 7) is 6.16. The molecule has 0 saturated heterocycles. The van der Waals surface area contributed by atoms with Gasteiger partial charge in [-0.15, -0.1) is 0 Å². The number of hydrogen-bond acceptors (Lipinski definition) is 2. The summed E-state index contributed by atoms with van der Waals surface area (Å²) in [7, 11) is 0. The number of ether oxygens (including phenoxy) is 1. The summed E-state index contributed by atoms with van der Waals surface area (Å²) < 4.78 is 5.34. The molecule has 0 aliphatic carbocycles. The van der Waals surface area contributed by atoms with E-state index in [0.29, 0.717) is 36.1 Å². The second-order valence-electron chi connectivity index (χ2n) is 4.95. The van der Waals surface area contributed by atoms with Gasteiger partial charge in [0.1, 0.15) is 0 Å². The number of rotatable bonds is 4. The highest BCUT2D eigenvalue weighted by Gasteiger charge is 2.15. The summed E-state index contributed by atoms with van der Waals surface area (Å²) in [5.41, 5.74) is 3.02. The molecular weight excluding hydrogens is 294 g/mol. The Bertz CT molecular complexity index is 445. The number of fused-ring (bicyclic) bond motifs is 1. The summed E-state index contributed by atoms with van der Waals surface area (Å²) in [5, 5.41) is 2.94. The molecule has 3 nitrogen and oxygen atoms in total. The number of carbonyl (C=O) groups excluding carboxylic acids is 1. The normalized spacial score (nSPS) is 15.6. The number of benzene rings is 1. The van der Waals surface area contributed by atoms with Crippen LogP contribution in [0.25, 0.3) is 0 Å². The zero-order chi connectivity index (χ0) is 13.1. The molecule has 1 aliphatic rings. The predicted molar refractivity (Wildman–Crippen MR) is 74.8 cm³/mol. The minimum Gasteiger partial charge on any atom is -0.372 e. The first kappa shape index (κ1) is 13.6. The number of carbonyl (C=O) groups is 1. The molecule has 1 aliphatic heterocycles. The molecule has 1 N–H and O–H groups in total. The van der Waals surface area contributed by atoms with Crippen molar-refractivity contribution in [2.75, 3.05) is 6.54 Å². The molecule has 1 amide bonds. The smallest absolute Gasteiger partial charge is 0.251 e. The van der Waals surface area contributed by atoms with Gasteiger partial charge in [0.2, 0.25) is 0 Å². The minimum atomic E-state index is -0.0187. The van der Waals surface area contributed by atoms with Gasteiger partial charge >= 0.3 is 0 Å². The summed E-state index contributed by atoms with van der Waals surface area (Å²) in [5.74, 6) is 0.480. The quantitative estimate of drug-likeness (QED) is 0.868. The van der Waals surface area contributed by atoms with Gasteiger partial charge in [-0.2, -0.15) is 0 Å². The van der Waals surface area contributed by atoms with Crippen molar-refractivity contribution in [2.45, 2.75) is 31.9 Å². The van der Waals surface area contributed by atoms with Gasteiger partial charge in [-0.25, -0.2) is 0 Å². The van der Waals surface area contributed by atoms with Crippen LogP contribution in [0.2, 0.25) is 0 Å². The van der Waals surface area contributed by atoms with Crippen molar-refractivity contribution >= 4 is 21.8 Å². The molecule has 2 rings (SSSR count). The van der Waals surface area contributed by atoms with Crippen LogP contribution in [0.4, 0.5) is 0 Å². The van der Waals surface area contributed by atoms with E-state index in [4.69, 9.17) is 4.74 Å².